The normalized spacial score (nSPS) is 10.2. The predicted octanol–water partition coefficient (Wildman–Crippen LogP) is 3.85. The molecule has 0 fully saturated rings. The van der Waals surface area contributed by atoms with Crippen molar-refractivity contribution < 1.29 is 13.6 Å². The number of carbonyl (C=O) groups is 1. The summed E-state index contributed by atoms with van der Waals surface area (Å²) < 4.78 is 26.0. The third kappa shape index (κ3) is 4.56. The van der Waals surface area contributed by atoms with Crippen molar-refractivity contribution in [1.82, 2.24) is 5.32 Å². The molecule has 0 unspecified atom stereocenters. The van der Waals surface area contributed by atoms with Gasteiger partial charge in [0, 0.05) is 18.3 Å². The fourth-order valence-electron chi connectivity index (χ4n) is 1.94. The molecule has 110 valence electrons. The Labute approximate surface area is 122 Å². The number of benzene rings is 2. The third-order valence-corrected chi connectivity index (χ3v) is 2.97. The zero-order valence-corrected chi connectivity index (χ0v) is 11.6. The van der Waals surface area contributed by atoms with E-state index in [4.69, 9.17) is 0 Å². The van der Waals surface area contributed by atoms with Crippen LogP contribution in [0.1, 0.15) is 18.1 Å². The number of anilines is 1. The van der Waals surface area contributed by atoms with Crippen LogP contribution in [-0.4, -0.2) is 6.03 Å². The van der Waals surface area contributed by atoms with Gasteiger partial charge >= 0.3 is 6.03 Å². The standard InChI is InChI=1S/C16H16F2N2O/c1-2-11-4-3-5-15(8-11)20-16(21)19-10-12-6-13(17)9-14(18)7-12/h3-9H,2,10H2,1H3,(H2,19,20,21). The lowest BCUT2D eigenvalue weighted by atomic mass is 10.1. The molecule has 0 heterocycles. The van der Waals surface area contributed by atoms with Crippen LogP contribution in [0.25, 0.3) is 0 Å². The Kier molecular flexibility index (Phi) is 4.87. The first-order valence-corrected chi connectivity index (χ1v) is 6.65. The van der Waals surface area contributed by atoms with E-state index in [0.29, 0.717) is 11.3 Å². The number of aryl methyl sites for hydroxylation is 1. The molecule has 0 spiro atoms. The zero-order valence-electron chi connectivity index (χ0n) is 11.6. The third-order valence-electron chi connectivity index (χ3n) is 2.97. The topological polar surface area (TPSA) is 41.1 Å². The van der Waals surface area contributed by atoms with E-state index in [0.717, 1.165) is 18.1 Å². The monoisotopic (exact) mass is 290 g/mol. The van der Waals surface area contributed by atoms with Gasteiger partial charge in [-0.2, -0.15) is 0 Å². The number of amides is 2. The van der Waals surface area contributed by atoms with Crippen molar-refractivity contribution in [3.05, 3.63) is 65.2 Å². The van der Waals surface area contributed by atoms with Crippen molar-refractivity contribution in [3.63, 3.8) is 0 Å². The van der Waals surface area contributed by atoms with Crippen LogP contribution in [0.2, 0.25) is 0 Å². The van der Waals surface area contributed by atoms with E-state index < -0.39 is 17.7 Å². The van der Waals surface area contributed by atoms with Crippen LogP contribution in [0.3, 0.4) is 0 Å². The molecule has 0 atom stereocenters. The van der Waals surface area contributed by atoms with Crippen LogP contribution < -0.4 is 10.6 Å². The van der Waals surface area contributed by atoms with E-state index in [1.807, 2.05) is 25.1 Å². The van der Waals surface area contributed by atoms with Gasteiger partial charge in [0.15, 0.2) is 0 Å². The molecule has 0 aliphatic rings. The molecule has 0 aromatic heterocycles. The van der Waals surface area contributed by atoms with E-state index >= 15 is 0 Å². The Hall–Kier alpha value is -2.43. The molecule has 21 heavy (non-hydrogen) atoms. The molecule has 0 saturated heterocycles. The van der Waals surface area contributed by atoms with Crippen LogP contribution in [0, 0.1) is 11.6 Å². The van der Waals surface area contributed by atoms with Crippen molar-refractivity contribution in [2.24, 2.45) is 0 Å². The minimum absolute atomic E-state index is 0.0496. The van der Waals surface area contributed by atoms with Crippen molar-refractivity contribution in [1.29, 1.82) is 0 Å². The van der Waals surface area contributed by atoms with E-state index in [-0.39, 0.29) is 6.54 Å². The molecule has 2 aromatic carbocycles. The average Bonchev–Trinajstić information content (AvgIpc) is 2.44. The van der Waals surface area contributed by atoms with E-state index in [2.05, 4.69) is 10.6 Å². The number of halogens is 2. The van der Waals surface area contributed by atoms with Gasteiger partial charge in [0.05, 0.1) is 0 Å². The highest BCUT2D eigenvalue weighted by molar-refractivity contribution is 5.89. The lowest BCUT2D eigenvalue weighted by Gasteiger charge is -2.09. The van der Waals surface area contributed by atoms with E-state index in [9.17, 15) is 13.6 Å². The summed E-state index contributed by atoms with van der Waals surface area (Å²) in [5, 5.41) is 5.23. The quantitative estimate of drug-likeness (QED) is 0.882. The lowest BCUT2D eigenvalue weighted by molar-refractivity contribution is 0.251. The molecule has 0 radical (unpaired) electrons. The van der Waals surface area contributed by atoms with Crippen LogP contribution in [0.15, 0.2) is 42.5 Å². The molecular formula is C16H16F2N2O. The molecule has 2 N–H and O–H groups in total. The number of carbonyl (C=O) groups excluding carboxylic acids is 1. The largest absolute Gasteiger partial charge is 0.334 e. The Balaban J connectivity index is 1.92. The number of urea groups is 1. The number of hydrogen-bond donors (Lipinski definition) is 2. The predicted molar refractivity (Wildman–Crippen MR) is 78.0 cm³/mol. The van der Waals surface area contributed by atoms with E-state index in [1.165, 1.54) is 12.1 Å². The summed E-state index contributed by atoms with van der Waals surface area (Å²) in [4.78, 5) is 11.7. The molecule has 0 aliphatic heterocycles. The first kappa shape index (κ1) is 15.0. The zero-order chi connectivity index (χ0) is 15.2. The smallest absolute Gasteiger partial charge is 0.319 e. The van der Waals surface area contributed by atoms with Crippen LogP contribution >= 0.6 is 0 Å². The lowest BCUT2D eigenvalue weighted by Crippen LogP contribution is -2.28. The minimum atomic E-state index is -0.664. The molecule has 0 aliphatic carbocycles. The molecule has 2 rings (SSSR count). The Morgan fingerprint density at radius 2 is 1.76 bits per heavy atom. The fraction of sp³-hybridized carbons (Fsp3) is 0.188. The van der Waals surface area contributed by atoms with Gasteiger partial charge < -0.3 is 10.6 Å². The van der Waals surface area contributed by atoms with Gasteiger partial charge in [0.1, 0.15) is 11.6 Å². The Bertz CT molecular complexity index is 624. The summed E-state index contributed by atoms with van der Waals surface area (Å²) >= 11 is 0. The second kappa shape index (κ2) is 6.83. The second-order valence-electron chi connectivity index (χ2n) is 4.64. The fourth-order valence-corrected chi connectivity index (χ4v) is 1.94. The van der Waals surface area contributed by atoms with Crippen molar-refractivity contribution in [2.45, 2.75) is 19.9 Å². The average molecular weight is 290 g/mol. The molecule has 2 amide bonds. The van der Waals surface area contributed by atoms with Gasteiger partial charge in [-0.15, -0.1) is 0 Å². The van der Waals surface area contributed by atoms with Crippen molar-refractivity contribution >= 4 is 11.7 Å². The maximum Gasteiger partial charge on any atom is 0.319 e. The van der Waals surface area contributed by atoms with Crippen molar-refractivity contribution in [2.75, 3.05) is 5.32 Å². The van der Waals surface area contributed by atoms with Crippen LogP contribution in [-0.2, 0) is 13.0 Å². The number of rotatable bonds is 4. The second-order valence-corrected chi connectivity index (χ2v) is 4.64. The minimum Gasteiger partial charge on any atom is -0.334 e. The highest BCUT2D eigenvalue weighted by Gasteiger charge is 2.04. The van der Waals surface area contributed by atoms with Gasteiger partial charge in [0.2, 0.25) is 0 Å². The molecule has 0 saturated carbocycles. The van der Waals surface area contributed by atoms with Crippen LogP contribution in [0.4, 0.5) is 19.3 Å². The van der Waals surface area contributed by atoms with Gasteiger partial charge in [-0.05, 0) is 41.8 Å². The van der Waals surface area contributed by atoms with E-state index in [1.54, 1.807) is 6.07 Å². The van der Waals surface area contributed by atoms with Crippen LogP contribution in [0.5, 0.6) is 0 Å². The summed E-state index contributed by atoms with van der Waals surface area (Å²) in [6.45, 7) is 2.08. The number of nitrogens with one attached hydrogen (secondary N) is 2. The summed E-state index contributed by atoms with van der Waals surface area (Å²) in [6.07, 6.45) is 0.875. The Morgan fingerprint density at radius 3 is 2.43 bits per heavy atom. The van der Waals surface area contributed by atoms with Gasteiger partial charge in [-0.1, -0.05) is 19.1 Å². The molecule has 0 bridgehead atoms. The SMILES string of the molecule is CCc1cccc(NC(=O)NCc2cc(F)cc(F)c2)c1. The first-order valence-electron chi connectivity index (χ1n) is 6.65. The maximum atomic E-state index is 13.0. The highest BCUT2D eigenvalue weighted by atomic mass is 19.1. The summed E-state index contributed by atoms with van der Waals surface area (Å²) in [5.41, 5.74) is 2.15. The van der Waals surface area contributed by atoms with Gasteiger partial charge in [-0.25, -0.2) is 13.6 Å². The molecule has 5 heteroatoms. The van der Waals surface area contributed by atoms with Gasteiger partial charge in [-0.3, -0.25) is 0 Å². The maximum absolute atomic E-state index is 13.0. The van der Waals surface area contributed by atoms with Crippen molar-refractivity contribution in [3.8, 4) is 0 Å². The highest BCUT2D eigenvalue weighted by Crippen LogP contribution is 2.11. The molecule has 3 nitrogen and oxygen atoms in total. The summed E-state index contributed by atoms with van der Waals surface area (Å²) in [5.74, 6) is -1.33. The van der Waals surface area contributed by atoms with Gasteiger partial charge in [0.25, 0.3) is 0 Å². The summed E-state index contributed by atoms with van der Waals surface area (Å²) in [7, 11) is 0. The Morgan fingerprint density at radius 1 is 1.05 bits per heavy atom. The summed E-state index contributed by atoms with van der Waals surface area (Å²) in [6, 6.07) is 10.2. The molecular weight excluding hydrogens is 274 g/mol. The molecule has 2 aromatic rings. The first-order chi connectivity index (χ1) is 10.1. The number of hydrogen-bond acceptors (Lipinski definition) is 1.